The lowest BCUT2D eigenvalue weighted by atomic mass is 10.1. The Balaban J connectivity index is 2.69. The summed E-state index contributed by atoms with van der Waals surface area (Å²) in [6.45, 7) is 6.44. The molecule has 1 rings (SSSR count). The van der Waals surface area contributed by atoms with E-state index in [2.05, 4.69) is 18.6 Å². The Kier molecular flexibility index (Phi) is 4.24. The van der Waals surface area contributed by atoms with Gasteiger partial charge in [-0.3, -0.25) is 9.48 Å². The van der Waals surface area contributed by atoms with Gasteiger partial charge in [0.05, 0.1) is 17.8 Å². The van der Waals surface area contributed by atoms with Crippen LogP contribution in [0.25, 0.3) is 0 Å². The number of carbonyl (C=O) groups excluding carboxylic acids is 1. The highest BCUT2D eigenvalue weighted by Crippen LogP contribution is 2.04. The molecule has 4 heteroatoms. The van der Waals surface area contributed by atoms with Crippen LogP contribution in [0.5, 0.6) is 0 Å². The molecule has 1 heterocycles. The van der Waals surface area contributed by atoms with Crippen molar-refractivity contribution in [3.05, 3.63) is 30.6 Å². The van der Waals surface area contributed by atoms with Crippen LogP contribution < -0.4 is 5.73 Å². The molecule has 0 spiro atoms. The number of nitrogens with zero attached hydrogens (tertiary/aromatic N) is 2. The second-order valence-corrected chi connectivity index (χ2v) is 3.49. The Hall–Kier alpha value is -1.42. The molecule has 2 N–H and O–H groups in total. The molecule has 0 aliphatic carbocycles. The average molecular weight is 207 g/mol. The fourth-order valence-electron chi connectivity index (χ4n) is 1.34. The number of carbonyl (C=O) groups is 1. The SMILES string of the molecule is C=CCC(N)C(=O)c1cnn(CCC)c1. The molecule has 0 saturated carbocycles. The third-order valence-electron chi connectivity index (χ3n) is 2.13. The fraction of sp³-hybridized carbons (Fsp3) is 0.455. The van der Waals surface area contributed by atoms with Gasteiger partial charge in [0.25, 0.3) is 0 Å². The number of aromatic nitrogens is 2. The van der Waals surface area contributed by atoms with Crippen LogP contribution in [0.3, 0.4) is 0 Å². The second kappa shape index (κ2) is 5.46. The van der Waals surface area contributed by atoms with Crippen LogP contribution in [0, 0.1) is 0 Å². The molecule has 82 valence electrons. The van der Waals surface area contributed by atoms with Crippen molar-refractivity contribution < 1.29 is 4.79 Å². The lowest BCUT2D eigenvalue weighted by Crippen LogP contribution is -2.29. The molecule has 0 bridgehead atoms. The zero-order valence-electron chi connectivity index (χ0n) is 9.02. The van der Waals surface area contributed by atoms with E-state index < -0.39 is 6.04 Å². The second-order valence-electron chi connectivity index (χ2n) is 3.49. The van der Waals surface area contributed by atoms with Crippen molar-refractivity contribution in [2.45, 2.75) is 32.4 Å². The summed E-state index contributed by atoms with van der Waals surface area (Å²) in [6, 6.07) is -0.498. The molecule has 1 unspecified atom stereocenters. The number of Topliss-reactive ketones (excluding diaryl/α,β-unsaturated/α-hetero) is 1. The van der Waals surface area contributed by atoms with Crippen molar-refractivity contribution in [3.63, 3.8) is 0 Å². The largest absolute Gasteiger partial charge is 0.321 e. The van der Waals surface area contributed by atoms with Crippen LogP contribution in [0.4, 0.5) is 0 Å². The van der Waals surface area contributed by atoms with Gasteiger partial charge in [0.15, 0.2) is 5.78 Å². The number of rotatable bonds is 6. The summed E-state index contributed by atoms with van der Waals surface area (Å²) in [5.41, 5.74) is 6.27. The Bertz CT molecular complexity index is 343. The topological polar surface area (TPSA) is 60.9 Å². The van der Waals surface area contributed by atoms with Crippen LogP contribution in [-0.4, -0.2) is 21.6 Å². The van der Waals surface area contributed by atoms with Crippen molar-refractivity contribution in [2.75, 3.05) is 0 Å². The maximum absolute atomic E-state index is 11.7. The van der Waals surface area contributed by atoms with E-state index in [9.17, 15) is 4.79 Å². The average Bonchev–Trinajstić information content (AvgIpc) is 2.66. The van der Waals surface area contributed by atoms with Gasteiger partial charge < -0.3 is 5.73 Å². The number of hydrogen-bond donors (Lipinski definition) is 1. The minimum atomic E-state index is -0.498. The predicted octanol–water partition coefficient (Wildman–Crippen LogP) is 1.38. The highest BCUT2D eigenvalue weighted by atomic mass is 16.1. The molecule has 0 aliphatic rings. The van der Waals surface area contributed by atoms with E-state index in [0.717, 1.165) is 13.0 Å². The van der Waals surface area contributed by atoms with Gasteiger partial charge in [-0.05, 0) is 12.8 Å². The van der Waals surface area contributed by atoms with Crippen LogP contribution in [0.1, 0.15) is 30.1 Å². The first-order valence-electron chi connectivity index (χ1n) is 5.12. The molecule has 0 amide bonds. The van der Waals surface area contributed by atoms with E-state index in [0.29, 0.717) is 12.0 Å². The lowest BCUT2D eigenvalue weighted by Gasteiger charge is -2.04. The van der Waals surface area contributed by atoms with Gasteiger partial charge >= 0.3 is 0 Å². The van der Waals surface area contributed by atoms with Crippen LogP contribution in [-0.2, 0) is 6.54 Å². The van der Waals surface area contributed by atoms with E-state index in [-0.39, 0.29) is 5.78 Å². The van der Waals surface area contributed by atoms with E-state index in [1.807, 2.05) is 0 Å². The molecule has 0 saturated heterocycles. The number of nitrogens with two attached hydrogens (primary N) is 1. The van der Waals surface area contributed by atoms with Gasteiger partial charge in [0, 0.05) is 12.7 Å². The van der Waals surface area contributed by atoms with E-state index >= 15 is 0 Å². The molecule has 0 radical (unpaired) electrons. The van der Waals surface area contributed by atoms with E-state index in [4.69, 9.17) is 5.73 Å². The van der Waals surface area contributed by atoms with E-state index in [1.54, 1.807) is 23.2 Å². The first-order valence-corrected chi connectivity index (χ1v) is 5.12. The summed E-state index contributed by atoms with van der Waals surface area (Å²) < 4.78 is 1.76. The summed E-state index contributed by atoms with van der Waals surface area (Å²) >= 11 is 0. The highest BCUT2D eigenvalue weighted by Gasteiger charge is 2.15. The quantitative estimate of drug-likeness (QED) is 0.566. The van der Waals surface area contributed by atoms with Crippen molar-refractivity contribution in [1.29, 1.82) is 0 Å². The normalized spacial score (nSPS) is 12.4. The maximum atomic E-state index is 11.7. The number of aryl methyl sites for hydroxylation is 1. The Labute approximate surface area is 89.8 Å². The van der Waals surface area contributed by atoms with Gasteiger partial charge in [-0.2, -0.15) is 5.10 Å². The van der Waals surface area contributed by atoms with Crippen LogP contribution in [0.15, 0.2) is 25.0 Å². The van der Waals surface area contributed by atoms with E-state index in [1.165, 1.54) is 0 Å². The molecule has 0 aromatic carbocycles. The van der Waals surface area contributed by atoms with Crippen LogP contribution in [0.2, 0.25) is 0 Å². The van der Waals surface area contributed by atoms with Gasteiger partial charge in [0.2, 0.25) is 0 Å². The number of hydrogen-bond acceptors (Lipinski definition) is 3. The summed E-state index contributed by atoms with van der Waals surface area (Å²) in [6.07, 6.45) is 6.46. The summed E-state index contributed by atoms with van der Waals surface area (Å²) in [4.78, 5) is 11.7. The molecule has 1 aromatic rings. The lowest BCUT2D eigenvalue weighted by molar-refractivity contribution is 0.0962. The van der Waals surface area contributed by atoms with Crippen molar-refractivity contribution >= 4 is 5.78 Å². The molecular formula is C11H17N3O. The molecule has 0 fully saturated rings. The summed E-state index contributed by atoms with van der Waals surface area (Å²) in [5.74, 6) is -0.0720. The fourth-order valence-corrected chi connectivity index (χ4v) is 1.34. The molecular weight excluding hydrogens is 190 g/mol. The highest BCUT2D eigenvalue weighted by molar-refractivity contribution is 5.99. The van der Waals surface area contributed by atoms with Gasteiger partial charge in [-0.1, -0.05) is 13.0 Å². The summed E-state index contributed by atoms with van der Waals surface area (Å²) in [5, 5.41) is 4.08. The smallest absolute Gasteiger partial charge is 0.182 e. The molecule has 1 atom stereocenters. The third-order valence-corrected chi connectivity index (χ3v) is 2.13. The molecule has 0 aliphatic heterocycles. The maximum Gasteiger partial charge on any atom is 0.182 e. The first-order chi connectivity index (χ1) is 7.19. The standard InChI is InChI=1S/C11H17N3O/c1-3-5-10(12)11(15)9-7-13-14(8-9)6-4-2/h3,7-8,10H,1,4-6,12H2,2H3. The van der Waals surface area contributed by atoms with Gasteiger partial charge in [-0.25, -0.2) is 0 Å². The zero-order chi connectivity index (χ0) is 11.3. The summed E-state index contributed by atoms with van der Waals surface area (Å²) in [7, 11) is 0. The van der Waals surface area contributed by atoms with Crippen molar-refractivity contribution in [2.24, 2.45) is 5.73 Å². The number of ketones is 1. The third kappa shape index (κ3) is 3.02. The van der Waals surface area contributed by atoms with Gasteiger partial charge in [0.1, 0.15) is 0 Å². The molecule has 15 heavy (non-hydrogen) atoms. The Morgan fingerprint density at radius 2 is 2.53 bits per heavy atom. The molecule has 4 nitrogen and oxygen atoms in total. The van der Waals surface area contributed by atoms with Crippen molar-refractivity contribution in [1.82, 2.24) is 9.78 Å². The monoisotopic (exact) mass is 207 g/mol. The Morgan fingerprint density at radius 1 is 1.80 bits per heavy atom. The first kappa shape index (κ1) is 11.7. The van der Waals surface area contributed by atoms with Crippen LogP contribution >= 0.6 is 0 Å². The minimum absolute atomic E-state index is 0.0720. The minimum Gasteiger partial charge on any atom is -0.321 e. The zero-order valence-corrected chi connectivity index (χ0v) is 9.02. The Morgan fingerprint density at radius 3 is 3.13 bits per heavy atom. The van der Waals surface area contributed by atoms with Gasteiger partial charge in [-0.15, -0.1) is 6.58 Å². The predicted molar refractivity (Wildman–Crippen MR) is 59.6 cm³/mol. The van der Waals surface area contributed by atoms with Crippen molar-refractivity contribution in [3.8, 4) is 0 Å². The molecule has 1 aromatic heterocycles.